The smallest absolute Gasteiger partial charge is 0.252 e. The third kappa shape index (κ3) is 10.2. The first-order chi connectivity index (χ1) is 64.6. The lowest BCUT2D eigenvalue weighted by molar-refractivity contribution is 0.590. The van der Waals surface area contributed by atoms with E-state index >= 15 is 0 Å². The quantitative estimate of drug-likeness (QED) is 0.121. The van der Waals surface area contributed by atoms with Crippen molar-refractivity contribution in [2.45, 2.75) is 26.2 Å². The van der Waals surface area contributed by atoms with Gasteiger partial charge < -0.3 is 18.9 Å². The molecule has 0 saturated carbocycles. The van der Waals surface area contributed by atoms with Gasteiger partial charge >= 0.3 is 0 Å². The van der Waals surface area contributed by atoms with Crippen LogP contribution < -0.4 is 26.2 Å². The first-order valence-corrected chi connectivity index (χ1v) is 33.6. The van der Waals surface area contributed by atoms with E-state index in [0.29, 0.717) is 49.9 Å². The lowest BCUT2D eigenvalue weighted by Gasteiger charge is -2.46. The van der Waals surface area contributed by atoms with E-state index < -0.39 is 228 Å². The molecule has 494 valence electrons. The van der Waals surface area contributed by atoms with Gasteiger partial charge in [0.25, 0.3) is 6.71 Å². The Labute approximate surface area is 654 Å². The Balaban J connectivity index is 1.05. The van der Waals surface area contributed by atoms with E-state index in [9.17, 15) is 30.2 Å². The average Bonchev–Trinajstić information content (AvgIpc) is 0.720. The van der Waals surface area contributed by atoms with Gasteiger partial charge in [-0.25, -0.2) is 15.0 Å². The summed E-state index contributed by atoms with van der Waals surface area (Å²) in [4.78, 5) is 18.7. The monoisotopic (exact) mass is 1370 g/mol. The van der Waals surface area contributed by atoms with Gasteiger partial charge in [0.15, 0.2) is 17.5 Å². The zero-order valence-corrected chi connectivity index (χ0v) is 55.9. The molecule has 0 atom stereocenters. The number of hydrogen-bond acceptors (Lipinski definition) is 5. The van der Waals surface area contributed by atoms with Gasteiger partial charge in [-0.15, -0.1) is 0 Å². The van der Waals surface area contributed by atoms with Gasteiger partial charge in [0, 0.05) is 77.8 Å². The summed E-state index contributed by atoms with van der Waals surface area (Å²) in [6.07, 6.45) is 0. The van der Waals surface area contributed by atoms with Crippen LogP contribution in [0.2, 0.25) is 0 Å². The van der Waals surface area contributed by atoms with Gasteiger partial charge in [-0.05, 0) is 140 Å². The van der Waals surface area contributed by atoms with E-state index in [4.69, 9.17) is 27.3 Å². The molecule has 0 bridgehead atoms. The van der Waals surface area contributed by atoms with Crippen molar-refractivity contribution < 1.29 is 42.5 Å². The third-order valence-electron chi connectivity index (χ3n) is 19.4. The van der Waals surface area contributed by atoms with Crippen molar-refractivity contribution in [2.75, 3.05) is 9.80 Å². The highest BCUT2D eigenvalue weighted by molar-refractivity contribution is 7.00. The molecule has 18 aromatic rings. The summed E-state index contributed by atoms with van der Waals surface area (Å²) in [5.41, 5.74) is 1.70. The van der Waals surface area contributed by atoms with Crippen LogP contribution in [0.3, 0.4) is 0 Å². The van der Waals surface area contributed by atoms with Crippen molar-refractivity contribution in [3.05, 3.63) is 363 Å². The molecule has 5 heterocycles. The highest BCUT2D eigenvalue weighted by Crippen LogP contribution is 2.54. The fourth-order valence-corrected chi connectivity index (χ4v) is 14.8. The minimum Gasteiger partial charge on any atom is -0.311 e. The predicted molar refractivity (Wildman–Crippen MR) is 439 cm³/mol. The van der Waals surface area contributed by atoms with Crippen molar-refractivity contribution in [2.24, 2.45) is 0 Å². The van der Waals surface area contributed by atoms with Crippen LogP contribution in [-0.4, -0.2) is 30.8 Å². The molecular weight excluding hydrogens is 1270 g/mol. The Kier molecular flexibility index (Phi) is 8.81. The van der Waals surface area contributed by atoms with Crippen molar-refractivity contribution in [1.29, 1.82) is 0 Å². The van der Waals surface area contributed by atoms with Crippen molar-refractivity contribution in [3.8, 4) is 90.0 Å². The van der Waals surface area contributed by atoms with Crippen LogP contribution in [0.5, 0.6) is 0 Å². The molecule has 0 amide bonds. The number of anilines is 6. The van der Waals surface area contributed by atoms with E-state index in [2.05, 4.69) is 0 Å². The fraction of sp³-hybridized carbons (Fsp3) is 0.0412. The number of hydrogen-bond donors (Lipinski definition) is 0. The summed E-state index contributed by atoms with van der Waals surface area (Å²) in [7, 11) is 0. The Morgan fingerprint density at radius 3 is 1.24 bits per heavy atom. The second-order valence-electron chi connectivity index (χ2n) is 26.4. The van der Waals surface area contributed by atoms with Crippen LogP contribution in [-0.2, 0) is 5.41 Å². The van der Waals surface area contributed by atoms with Gasteiger partial charge in [-0.2, -0.15) is 0 Å². The lowest BCUT2D eigenvalue weighted by atomic mass is 9.33. The van der Waals surface area contributed by atoms with E-state index in [1.54, 1.807) is 89.8 Å². The molecule has 3 aromatic heterocycles. The van der Waals surface area contributed by atoms with E-state index in [1.807, 2.05) is 111 Å². The van der Waals surface area contributed by atoms with Crippen molar-refractivity contribution in [1.82, 2.24) is 24.1 Å². The second-order valence-corrected chi connectivity index (χ2v) is 26.4. The Hall–Kier alpha value is -13.4. The van der Waals surface area contributed by atoms with E-state index in [1.165, 1.54) is 9.13 Å². The lowest BCUT2D eigenvalue weighted by Crippen LogP contribution is -2.61. The minimum absolute atomic E-state index is 0.0121. The molecule has 2 aliphatic rings. The van der Waals surface area contributed by atoms with Gasteiger partial charge in [0.2, 0.25) is 0 Å². The predicted octanol–water partition coefficient (Wildman–Crippen LogP) is 23.1. The van der Waals surface area contributed by atoms with Crippen LogP contribution in [0.4, 0.5) is 34.1 Å². The molecular formula is C97H68BN7. The standard InChI is InChI=1S/C97H68BN7/c1-97(2,3)71-58-79(66-36-16-7-17-37-66)93(80(59-71)96-100-94(67-38-18-8-19-39-67)99-95(101-96)68-40-20-9-21-41-68)105-88-57-70(64-32-12-5-13-33-64)50-53-81(88)98-82-54-52-72(102-83-46-26-22-42-74(83)75-43-23-27-47-84(75)102)60-89(82)104(87-55-51-69(63-30-10-4-11-31-63)56-78(87)65-34-14-6-15-35-65)90-61-73(62-91(105)92(90)98)103-85-48-28-24-44-76(85)77-45-25-29-49-86(77)103/h4-62H,1-3H3/i5D,8D,9D,12D,13D,18D,19D,20D,21D,22D,23D,24D,25D,26D,27D,28D,29D,32D,33D,38D,39D,40D,41D,42D,43D,44D,45D,46D,47D,48D,49D. The minimum atomic E-state index is -1.25. The topological polar surface area (TPSA) is 55.0 Å². The highest BCUT2D eigenvalue weighted by Gasteiger charge is 2.46. The Morgan fingerprint density at radius 1 is 0.295 bits per heavy atom. The summed E-state index contributed by atoms with van der Waals surface area (Å²) in [6.45, 7) is 4.46. The van der Waals surface area contributed by atoms with Crippen LogP contribution >= 0.6 is 0 Å². The number of aromatic nitrogens is 5. The Morgan fingerprint density at radius 2 is 0.705 bits per heavy atom. The molecule has 0 fully saturated rings. The van der Waals surface area contributed by atoms with E-state index in [0.717, 1.165) is 5.56 Å². The number of rotatable bonds is 11. The maximum atomic E-state index is 10.2. The van der Waals surface area contributed by atoms with Crippen molar-refractivity contribution >= 4 is 101 Å². The van der Waals surface area contributed by atoms with Gasteiger partial charge in [-0.3, -0.25) is 0 Å². The zero-order valence-electron chi connectivity index (χ0n) is 86.9. The van der Waals surface area contributed by atoms with Crippen molar-refractivity contribution in [3.63, 3.8) is 0 Å². The molecule has 105 heavy (non-hydrogen) atoms. The fourth-order valence-electron chi connectivity index (χ4n) is 14.8. The largest absolute Gasteiger partial charge is 0.311 e. The maximum absolute atomic E-state index is 10.2. The van der Waals surface area contributed by atoms with Gasteiger partial charge in [0.1, 0.15) is 0 Å². The molecule has 0 radical (unpaired) electrons. The summed E-state index contributed by atoms with van der Waals surface area (Å²) in [5, 5.41) is -1.18. The second kappa shape index (κ2) is 24.7. The number of para-hydroxylation sites is 4. The molecule has 2 aliphatic heterocycles. The van der Waals surface area contributed by atoms with Gasteiger partial charge in [-0.1, -0.05) is 299 Å². The van der Waals surface area contributed by atoms with Crippen LogP contribution in [0.15, 0.2) is 357 Å². The van der Waals surface area contributed by atoms with Crippen LogP contribution in [0.25, 0.3) is 134 Å². The number of fused-ring (bicyclic) bond motifs is 10. The first kappa shape index (κ1) is 37.5. The summed E-state index contributed by atoms with van der Waals surface area (Å²) >= 11 is 0. The molecule has 7 nitrogen and oxygen atoms in total. The van der Waals surface area contributed by atoms with Crippen LogP contribution in [0.1, 0.15) is 68.8 Å². The SMILES string of the molecule is [2H]c1c([2H])c([2H])c(-c2ccc3c(c2)N(c2c(-c4ccccc4)cc(C(C)(C)C)cc2-c2nc(-c4c([2H])c([2H])c([2H])c([2H])c4[2H])nc(-c4c([2H])c([2H])c([2H])c([2H])c4[2H])n2)c2cc(-n4c5c([2H])c([2H])c([2H])c([2H])c5c5c([2H])c([2H])c([2H])c([2H])c54)cc4c2B3c2ccc(-n3c5c([2H])c([2H])c([2H])c([2H])c5c5c([2H])c([2H])c([2H])c([2H])c53)cc2N4c2ccc(-c3ccccc3)cc2-c2ccccc2)c([2H])c1[2H]. The van der Waals surface area contributed by atoms with Crippen LogP contribution in [0, 0.1) is 0 Å². The summed E-state index contributed by atoms with van der Waals surface area (Å²) in [6, 6.07) is 26.9. The molecule has 0 unspecified atom stereocenters. The third-order valence-corrected chi connectivity index (χ3v) is 19.4. The molecule has 15 aromatic carbocycles. The molecule has 0 N–H and O–H groups in total. The molecule has 0 aliphatic carbocycles. The summed E-state index contributed by atoms with van der Waals surface area (Å²) in [5.74, 6) is -1.80. The normalized spacial score (nSPS) is 16.6. The molecule has 20 rings (SSSR count). The highest BCUT2D eigenvalue weighted by atomic mass is 15.2. The molecule has 0 spiro atoms. The number of benzene rings is 15. The Bertz CT molecular complexity index is 8110. The number of nitrogens with zero attached hydrogens (tertiary/aromatic N) is 7. The summed E-state index contributed by atoms with van der Waals surface area (Å²) < 4.78 is 296. The van der Waals surface area contributed by atoms with E-state index in [-0.39, 0.29) is 106 Å². The average molecular weight is 1370 g/mol. The maximum Gasteiger partial charge on any atom is 0.252 e. The zero-order chi connectivity index (χ0) is 96.8. The molecule has 8 heteroatoms. The van der Waals surface area contributed by atoms with Gasteiger partial charge in [0.05, 0.1) is 81.6 Å². The molecule has 0 saturated heterocycles. The first-order valence-electron chi connectivity index (χ1n) is 49.1.